The first kappa shape index (κ1) is 31.3. The lowest BCUT2D eigenvalue weighted by atomic mass is 9.64. The maximum atomic E-state index is 14.1. The number of rotatable bonds is 9. The molecule has 2 saturated carbocycles. The first-order chi connectivity index (χ1) is 20.5. The van der Waals surface area contributed by atoms with E-state index in [2.05, 4.69) is 60.3 Å². The van der Waals surface area contributed by atoms with Gasteiger partial charge in [0.15, 0.2) is 0 Å². The largest absolute Gasteiger partial charge is 0.367 e. The molecule has 232 valence electrons. The van der Waals surface area contributed by atoms with Crippen LogP contribution in [0.2, 0.25) is 0 Å². The Morgan fingerprint density at radius 3 is 2.44 bits per heavy atom. The van der Waals surface area contributed by atoms with Crippen molar-refractivity contribution < 1.29 is 17.9 Å². The topological polar surface area (TPSA) is 115 Å². The van der Waals surface area contributed by atoms with Crippen molar-refractivity contribution in [2.24, 2.45) is 10.4 Å². The zero-order valence-corrected chi connectivity index (χ0v) is 26.6. The highest BCUT2D eigenvalue weighted by atomic mass is 32.2. The zero-order valence-electron chi connectivity index (χ0n) is 25.8. The highest BCUT2D eigenvalue weighted by Crippen LogP contribution is 2.55. The third-order valence-electron chi connectivity index (χ3n) is 9.89. The van der Waals surface area contributed by atoms with Gasteiger partial charge in [-0.2, -0.15) is 0 Å². The van der Waals surface area contributed by atoms with E-state index >= 15 is 0 Å². The van der Waals surface area contributed by atoms with Crippen LogP contribution in [0.3, 0.4) is 0 Å². The number of hydrogen-bond acceptors (Lipinski definition) is 6. The molecule has 5 rings (SSSR count). The number of nitrogens with zero attached hydrogens (tertiary/aromatic N) is 3. The Bertz CT molecular complexity index is 1460. The van der Waals surface area contributed by atoms with Crippen LogP contribution in [0.1, 0.15) is 85.5 Å². The van der Waals surface area contributed by atoms with Crippen LogP contribution in [0, 0.1) is 24.7 Å². The number of carbonyl (C=O) groups is 1. The number of sulfonamides is 1. The summed E-state index contributed by atoms with van der Waals surface area (Å²) in [5, 5.41) is 7.57. The quantitative estimate of drug-likeness (QED) is 0.299. The monoisotopic (exact) mass is 607 g/mol. The lowest BCUT2D eigenvalue weighted by Crippen LogP contribution is -2.50. The van der Waals surface area contributed by atoms with E-state index in [9.17, 15) is 13.2 Å². The zero-order chi connectivity index (χ0) is 30.9. The Balaban J connectivity index is 1.40. The molecule has 2 N–H and O–H groups in total. The minimum Gasteiger partial charge on any atom is -0.367 e. The number of hydrogen-bond donors (Lipinski definition) is 2. The first-order valence-electron chi connectivity index (χ1n) is 15.4. The van der Waals surface area contributed by atoms with E-state index in [1.165, 1.54) is 67.3 Å². The normalized spacial score (nSPS) is 22.7. The smallest absolute Gasteiger partial charge is 0.264 e. The number of guanidine groups is 1. The summed E-state index contributed by atoms with van der Waals surface area (Å²) in [5.74, 6) is -0.816. The summed E-state index contributed by atoms with van der Waals surface area (Å²) in [7, 11) is -4.08. The first-order valence-corrected chi connectivity index (χ1v) is 16.9. The van der Waals surface area contributed by atoms with Gasteiger partial charge in [0.1, 0.15) is 0 Å². The predicted octanol–water partition coefficient (Wildman–Crippen LogP) is 5.23. The van der Waals surface area contributed by atoms with Crippen molar-refractivity contribution in [3.63, 3.8) is 0 Å². The van der Waals surface area contributed by atoms with E-state index in [1.54, 1.807) is 12.1 Å². The van der Waals surface area contributed by atoms with Gasteiger partial charge in [-0.3, -0.25) is 15.1 Å². The van der Waals surface area contributed by atoms with Gasteiger partial charge in [0.25, 0.3) is 15.9 Å². The molecule has 1 saturated heterocycles. The molecule has 3 aliphatic rings. The Morgan fingerprint density at radius 1 is 1.16 bits per heavy atom. The summed E-state index contributed by atoms with van der Waals surface area (Å²) in [6.45, 7) is 13.4. The molecule has 0 aromatic heterocycles. The maximum Gasteiger partial charge on any atom is 0.264 e. The molecular weight excluding hydrogens is 562 g/mol. The van der Waals surface area contributed by atoms with E-state index in [-0.39, 0.29) is 34.6 Å². The minimum atomic E-state index is -4.08. The van der Waals surface area contributed by atoms with Crippen molar-refractivity contribution in [3.8, 4) is 0 Å². The van der Waals surface area contributed by atoms with E-state index in [0.717, 1.165) is 13.1 Å². The van der Waals surface area contributed by atoms with E-state index < -0.39 is 16.0 Å². The highest BCUT2D eigenvalue weighted by Gasteiger charge is 2.51. The number of nitrogens with one attached hydrogen (secondary N) is 2. The summed E-state index contributed by atoms with van der Waals surface area (Å²) < 4.78 is 34.5. The van der Waals surface area contributed by atoms with Gasteiger partial charge in [-0.05, 0) is 100 Å². The van der Waals surface area contributed by atoms with Crippen LogP contribution >= 0.6 is 0 Å². The van der Waals surface area contributed by atoms with Crippen LogP contribution in [0.5, 0.6) is 0 Å². The fraction of sp³-hybridized carbons (Fsp3) is 0.545. The standard InChI is InChI=1S/C33H45N5O4S/c1-6-38(31(39)25-13-10-14-27(17-25)43(40,41)36-32(34)35-5)28-20-37(26-18-33(19-26)15-7-8-16-33)21-29(28)42-24(4)30-22(2)11-9-12-23(30)3/h9-14,17,24,26,28-29H,5-8,15-16,18-21H2,1-4H3,(H2,34,36)/t24?,28-,29-/m1/s1. The third kappa shape index (κ3) is 6.42. The summed E-state index contributed by atoms with van der Waals surface area (Å²) in [4.78, 5) is 21.7. The number of carbonyl (C=O) groups excluding carboxylic acids is 1. The average Bonchev–Trinajstić information content (AvgIpc) is 3.60. The third-order valence-corrected chi connectivity index (χ3v) is 11.2. The Labute approximate surface area is 256 Å². The molecule has 1 unspecified atom stereocenters. The molecule has 9 nitrogen and oxygen atoms in total. The highest BCUT2D eigenvalue weighted by molar-refractivity contribution is 7.90. The molecule has 43 heavy (non-hydrogen) atoms. The van der Waals surface area contributed by atoms with Crippen LogP contribution in [0.4, 0.5) is 0 Å². The van der Waals surface area contributed by atoms with Crippen LogP contribution in [0.15, 0.2) is 52.4 Å². The van der Waals surface area contributed by atoms with Crippen molar-refractivity contribution in [3.05, 3.63) is 64.7 Å². The van der Waals surface area contributed by atoms with Gasteiger partial charge in [0.05, 0.1) is 23.1 Å². The number of likely N-dealkylation sites (N-methyl/N-ethyl adjacent to an activating group) is 1. The molecule has 1 spiro atoms. The van der Waals surface area contributed by atoms with Crippen LogP contribution in [-0.4, -0.2) is 74.6 Å². The van der Waals surface area contributed by atoms with Gasteiger partial charge in [-0.25, -0.2) is 18.1 Å². The van der Waals surface area contributed by atoms with E-state index in [0.29, 0.717) is 18.0 Å². The number of aryl methyl sites for hydroxylation is 2. The number of aliphatic imine (C=N–C) groups is 1. The minimum absolute atomic E-state index is 0.108. The molecule has 0 radical (unpaired) electrons. The molecule has 3 fully saturated rings. The molecule has 1 heterocycles. The fourth-order valence-electron chi connectivity index (χ4n) is 7.76. The summed E-state index contributed by atoms with van der Waals surface area (Å²) in [5.41, 5.74) is 4.36. The molecule has 3 atom stereocenters. The molecule has 2 aliphatic carbocycles. The summed E-state index contributed by atoms with van der Waals surface area (Å²) >= 11 is 0. The maximum absolute atomic E-state index is 14.1. The Morgan fingerprint density at radius 2 is 1.81 bits per heavy atom. The Kier molecular flexibility index (Phi) is 9.11. The summed E-state index contributed by atoms with van der Waals surface area (Å²) in [6.07, 6.45) is 7.45. The molecule has 0 bridgehead atoms. The van der Waals surface area contributed by atoms with Crippen LogP contribution in [0.25, 0.3) is 0 Å². The molecule has 2 aromatic carbocycles. The second-order valence-electron chi connectivity index (χ2n) is 12.6. The van der Waals surface area contributed by atoms with Crippen molar-refractivity contribution in [2.75, 3.05) is 19.6 Å². The van der Waals surface area contributed by atoms with Crippen molar-refractivity contribution in [1.82, 2.24) is 14.5 Å². The number of ether oxygens (including phenoxy) is 1. The SMILES string of the molecule is C=NC(=N)NS(=O)(=O)c1cccc(C(=O)N(CC)[C@@H]2CN(C3CC4(CCCC4)C3)C[C@H]2OC(C)c2c(C)cccc2C)c1. The second kappa shape index (κ2) is 12.5. The van der Waals surface area contributed by atoms with Crippen molar-refractivity contribution >= 4 is 28.6 Å². The molecule has 1 amide bonds. The summed E-state index contributed by atoms with van der Waals surface area (Å²) in [6, 6.07) is 12.6. The number of likely N-dealkylation sites (tertiary alicyclic amines) is 1. The van der Waals surface area contributed by atoms with Crippen LogP contribution < -0.4 is 4.72 Å². The van der Waals surface area contributed by atoms with Crippen LogP contribution in [-0.2, 0) is 14.8 Å². The number of benzene rings is 2. The van der Waals surface area contributed by atoms with Gasteiger partial charge >= 0.3 is 0 Å². The number of amides is 1. The van der Waals surface area contributed by atoms with Gasteiger partial charge < -0.3 is 9.64 Å². The van der Waals surface area contributed by atoms with E-state index in [4.69, 9.17) is 10.1 Å². The van der Waals surface area contributed by atoms with Gasteiger partial charge in [0.2, 0.25) is 5.96 Å². The predicted molar refractivity (Wildman–Crippen MR) is 169 cm³/mol. The fourth-order valence-corrected chi connectivity index (χ4v) is 8.73. The molecule has 10 heteroatoms. The van der Waals surface area contributed by atoms with E-state index in [1.807, 2.05) is 11.8 Å². The van der Waals surface area contributed by atoms with Crippen molar-refractivity contribution in [1.29, 1.82) is 5.41 Å². The lowest BCUT2D eigenvalue weighted by molar-refractivity contribution is -0.0351. The molecular formula is C33H45N5O4S. The Hall–Kier alpha value is -3.08. The van der Waals surface area contributed by atoms with Crippen molar-refractivity contribution in [2.45, 2.75) is 95.4 Å². The van der Waals surface area contributed by atoms with Gasteiger partial charge in [-0.15, -0.1) is 0 Å². The molecule has 1 aliphatic heterocycles. The second-order valence-corrected chi connectivity index (χ2v) is 14.3. The average molecular weight is 608 g/mol. The molecule has 2 aromatic rings. The van der Waals surface area contributed by atoms with Gasteiger partial charge in [-0.1, -0.05) is 37.1 Å². The van der Waals surface area contributed by atoms with Gasteiger partial charge in [0, 0.05) is 31.2 Å². The lowest BCUT2D eigenvalue weighted by Gasteiger charge is -2.49.